The number of aromatic nitrogens is 1. The van der Waals surface area contributed by atoms with E-state index in [-0.39, 0.29) is 17.6 Å². The number of carbonyl (C=O) groups is 1. The number of likely N-dealkylation sites (tertiary alicyclic amines) is 1. The third-order valence-corrected chi connectivity index (χ3v) is 5.56. The summed E-state index contributed by atoms with van der Waals surface area (Å²) in [7, 11) is 0. The number of thiophene rings is 1. The van der Waals surface area contributed by atoms with Gasteiger partial charge in [-0.15, -0.1) is 11.3 Å². The Labute approximate surface area is 144 Å². The highest BCUT2D eigenvalue weighted by atomic mass is 32.1. The molecule has 2 fully saturated rings. The molecule has 0 unspecified atom stereocenters. The minimum atomic E-state index is -0.0365. The van der Waals surface area contributed by atoms with Gasteiger partial charge in [-0.3, -0.25) is 9.59 Å². The maximum Gasteiger partial charge on any atom is 0.264 e. The number of aryl methyl sites for hydroxylation is 2. The van der Waals surface area contributed by atoms with E-state index in [1.165, 1.54) is 11.3 Å². The molecule has 4 rings (SSSR count). The molecule has 126 valence electrons. The van der Waals surface area contributed by atoms with Gasteiger partial charge in [0.15, 0.2) is 0 Å². The van der Waals surface area contributed by atoms with Gasteiger partial charge in [0.25, 0.3) is 11.5 Å². The molecule has 1 aliphatic carbocycles. The molecular formula is C18H20N2O3S. The maximum atomic E-state index is 12.3. The zero-order valence-corrected chi connectivity index (χ0v) is 14.6. The monoisotopic (exact) mass is 344 g/mol. The van der Waals surface area contributed by atoms with E-state index >= 15 is 0 Å². The molecule has 0 aromatic carbocycles. The van der Waals surface area contributed by atoms with Gasteiger partial charge >= 0.3 is 0 Å². The minimum Gasteiger partial charge on any atom is -0.486 e. The molecular weight excluding hydrogens is 324 g/mol. The van der Waals surface area contributed by atoms with Crippen LogP contribution in [0.3, 0.4) is 0 Å². The van der Waals surface area contributed by atoms with Crippen LogP contribution in [0.5, 0.6) is 5.75 Å². The first-order valence-corrected chi connectivity index (χ1v) is 9.13. The molecule has 0 spiro atoms. The second-order valence-electron chi connectivity index (χ2n) is 6.71. The summed E-state index contributed by atoms with van der Waals surface area (Å²) in [6, 6.07) is 5.78. The van der Waals surface area contributed by atoms with Crippen LogP contribution >= 0.6 is 11.3 Å². The van der Waals surface area contributed by atoms with Gasteiger partial charge in [-0.1, -0.05) is 0 Å². The van der Waals surface area contributed by atoms with Crippen molar-refractivity contribution in [3.8, 4) is 5.75 Å². The number of pyridine rings is 1. The summed E-state index contributed by atoms with van der Waals surface area (Å²) in [4.78, 5) is 27.1. The Balaban J connectivity index is 1.38. The maximum absolute atomic E-state index is 12.3. The number of rotatable bonds is 4. The zero-order chi connectivity index (χ0) is 16.8. The van der Waals surface area contributed by atoms with E-state index in [0.717, 1.165) is 29.0 Å². The molecule has 3 heterocycles. The van der Waals surface area contributed by atoms with Gasteiger partial charge in [0, 0.05) is 17.8 Å². The third-order valence-electron chi connectivity index (χ3n) is 4.53. The van der Waals surface area contributed by atoms with E-state index < -0.39 is 0 Å². The lowest BCUT2D eigenvalue weighted by atomic mass is 10.1. The standard InChI is InChI=1S/C18H20N2O3S/c1-11-5-16(24-10-11)18(22)19-8-15(9-19)23-14-6-12(2)20(13-3-4-13)17(21)7-14/h5-7,10,13,15H,3-4,8-9H2,1-2H3. The molecule has 0 bridgehead atoms. The number of hydrogen-bond donors (Lipinski definition) is 0. The first-order chi connectivity index (χ1) is 11.5. The summed E-state index contributed by atoms with van der Waals surface area (Å²) in [5, 5.41) is 1.98. The Hall–Kier alpha value is -2.08. The highest BCUT2D eigenvalue weighted by Crippen LogP contribution is 2.35. The molecule has 0 radical (unpaired) electrons. The summed E-state index contributed by atoms with van der Waals surface area (Å²) in [6.45, 7) is 5.07. The molecule has 1 saturated heterocycles. The normalized spacial score (nSPS) is 17.7. The number of hydrogen-bond acceptors (Lipinski definition) is 4. The lowest BCUT2D eigenvalue weighted by molar-refractivity contribution is 0.0180. The van der Waals surface area contributed by atoms with Crippen molar-refractivity contribution in [2.45, 2.75) is 38.8 Å². The predicted octanol–water partition coefficient (Wildman–Crippen LogP) is 2.76. The van der Waals surface area contributed by atoms with Crippen molar-refractivity contribution in [1.29, 1.82) is 0 Å². The summed E-state index contributed by atoms with van der Waals surface area (Å²) in [5.74, 6) is 0.673. The molecule has 5 nitrogen and oxygen atoms in total. The fourth-order valence-corrected chi connectivity index (χ4v) is 3.99. The summed E-state index contributed by atoms with van der Waals surface area (Å²) in [6.07, 6.45) is 2.14. The number of carbonyl (C=O) groups excluding carboxylic acids is 1. The molecule has 0 N–H and O–H groups in total. The Morgan fingerprint density at radius 3 is 2.54 bits per heavy atom. The lowest BCUT2D eigenvalue weighted by Crippen LogP contribution is -2.56. The predicted molar refractivity (Wildman–Crippen MR) is 93.1 cm³/mol. The van der Waals surface area contributed by atoms with Crippen LogP contribution < -0.4 is 10.3 Å². The van der Waals surface area contributed by atoms with Gasteiger partial charge < -0.3 is 14.2 Å². The molecule has 1 aliphatic heterocycles. The Morgan fingerprint density at radius 2 is 1.96 bits per heavy atom. The van der Waals surface area contributed by atoms with E-state index in [9.17, 15) is 9.59 Å². The average Bonchev–Trinajstić information content (AvgIpc) is 3.21. The molecule has 24 heavy (non-hydrogen) atoms. The first-order valence-electron chi connectivity index (χ1n) is 8.25. The highest BCUT2D eigenvalue weighted by molar-refractivity contribution is 7.12. The second-order valence-corrected chi connectivity index (χ2v) is 7.62. The second kappa shape index (κ2) is 5.77. The van der Waals surface area contributed by atoms with Crippen molar-refractivity contribution < 1.29 is 9.53 Å². The van der Waals surface area contributed by atoms with Gasteiger partial charge in [-0.2, -0.15) is 0 Å². The van der Waals surface area contributed by atoms with E-state index in [1.54, 1.807) is 11.0 Å². The Morgan fingerprint density at radius 1 is 1.21 bits per heavy atom. The highest BCUT2D eigenvalue weighted by Gasteiger charge is 2.34. The number of ether oxygens (including phenoxy) is 1. The molecule has 0 atom stereocenters. The van der Waals surface area contributed by atoms with Crippen molar-refractivity contribution >= 4 is 17.2 Å². The molecule has 1 amide bonds. The molecule has 2 aliphatic rings. The minimum absolute atomic E-state index is 0.00816. The molecule has 1 saturated carbocycles. The molecule has 2 aromatic rings. The van der Waals surface area contributed by atoms with Crippen molar-refractivity contribution in [2.24, 2.45) is 0 Å². The SMILES string of the molecule is Cc1csc(C(=O)N2CC(Oc3cc(C)n(C4CC4)c(=O)c3)C2)c1. The van der Waals surface area contributed by atoms with Crippen LogP contribution in [-0.4, -0.2) is 34.6 Å². The average molecular weight is 344 g/mol. The fraction of sp³-hybridized carbons (Fsp3) is 0.444. The van der Waals surface area contributed by atoms with Gasteiger partial charge in [0.2, 0.25) is 0 Å². The zero-order valence-electron chi connectivity index (χ0n) is 13.8. The van der Waals surface area contributed by atoms with Crippen LogP contribution in [0.2, 0.25) is 0 Å². The topological polar surface area (TPSA) is 51.5 Å². The summed E-state index contributed by atoms with van der Waals surface area (Å²) >= 11 is 1.48. The molecule has 2 aromatic heterocycles. The van der Waals surface area contributed by atoms with Crippen molar-refractivity contribution in [3.63, 3.8) is 0 Å². The Bertz CT molecular complexity index is 844. The number of amides is 1. The first kappa shape index (κ1) is 15.4. The third kappa shape index (κ3) is 2.86. The summed E-state index contributed by atoms with van der Waals surface area (Å²) < 4.78 is 7.73. The van der Waals surface area contributed by atoms with Gasteiger partial charge in [-0.25, -0.2) is 0 Å². The largest absolute Gasteiger partial charge is 0.486 e. The van der Waals surface area contributed by atoms with E-state index in [4.69, 9.17) is 4.74 Å². The number of nitrogens with zero attached hydrogens (tertiary/aromatic N) is 2. The lowest BCUT2D eigenvalue weighted by Gasteiger charge is -2.38. The van der Waals surface area contributed by atoms with Gasteiger partial charge in [-0.05, 0) is 49.8 Å². The van der Waals surface area contributed by atoms with E-state index in [1.807, 2.05) is 35.9 Å². The van der Waals surface area contributed by atoms with E-state index in [0.29, 0.717) is 24.9 Å². The van der Waals surface area contributed by atoms with Crippen LogP contribution in [0.25, 0.3) is 0 Å². The van der Waals surface area contributed by atoms with Gasteiger partial charge in [0.05, 0.1) is 18.0 Å². The van der Waals surface area contributed by atoms with Crippen molar-refractivity contribution in [3.05, 3.63) is 50.1 Å². The van der Waals surface area contributed by atoms with Crippen LogP contribution in [0, 0.1) is 13.8 Å². The summed E-state index contributed by atoms with van der Waals surface area (Å²) in [5.41, 5.74) is 2.07. The van der Waals surface area contributed by atoms with Crippen LogP contribution in [-0.2, 0) is 0 Å². The van der Waals surface area contributed by atoms with Gasteiger partial charge in [0.1, 0.15) is 11.9 Å². The van der Waals surface area contributed by atoms with E-state index in [2.05, 4.69) is 0 Å². The van der Waals surface area contributed by atoms with Crippen molar-refractivity contribution in [2.75, 3.05) is 13.1 Å². The fourth-order valence-electron chi connectivity index (χ4n) is 3.12. The molecule has 6 heteroatoms. The van der Waals surface area contributed by atoms with Crippen molar-refractivity contribution in [1.82, 2.24) is 9.47 Å². The quantitative estimate of drug-likeness (QED) is 0.857. The van der Waals surface area contributed by atoms with Crippen LogP contribution in [0.4, 0.5) is 0 Å². The Kier molecular flexibility index (Phi) is 3.72. The van der Waals surface area contributed by atoms with Crippen LogP contribution in [0.15, 0.2) is 28.4 Å². The van der Waals surface area contributed by atoms with Crippen LogP contribution in [0.1, 0.15) is 39.8 Å². The smallest absolute Gasteiger partial charge is 0.264 e.